The number of rotatable bonds is 3. The van der Waals surface area contributed by atoms with Crippen LogP contribution >= 0.6 is 0 Å². The summed E-state index contributed by atoms with van der Waals surface area (Å²) in [6.07, 6.45) is 1.75. The van der Waals surface area contributed by atoms with Crippen LogP contribution in [0.25, 0.3) is 0 Å². The lowest BCUT2D eigenvalue weighted by Crippen LogP contribution is -1.94. The molecule has 0 aliphatic heterocycles. The van der Waals surface area contributed by atoms with E-state index in [9.17, 15) is 8.78 Å². The average molecular weight is 195 g/mol. The van der Waals surface area contributed by atoms with Gasteiger partial charge >= 0.3 is 0 Å². The fraction of sp³-hybridized carbons (Fsp3) is 0.364. The molecule has 3 heteroatoms. The Balaban J connectivity index is 2.78. The molecule has 1 aromatic carbocycles. The maximum atomic E-state index is 12.8. The van der Waals surface area contributed by atoms with E-state index in [1.54, 1.807) is 6.92 Å². The van der Waals surface area contributed by atoms with Gasteiger partial charge in [0.2, 0.25) is 0 Å². The normalized spacial score (nSPS) is 9.86. The van der Waals surface area contributed by atoms with Crippen LogP contribution in [0.15, 0.2) is 12.1 Å². The van der Waals surface area contributed by atoms with Crippen molar-refractivity contribution in [1.82, 2.24) is 0 Å². The fourth-order valence-corrected chi connectivity index (χ4v) is 1.31. The molecule has 0 N–H and O–H groups in total. The molecule has 0 heterocycles. The highest BCUT2D eigenvalue weighted by Crippen LogP contribution is 2.16. The molecule has 1 aromatic rings. The van der Waals surface area contributed by atoms with E-state index in [2.05, 4.69) is 0 Å². The average Bonchev–Trinajstić information content (AvgIpc) is 2.14. The fourth-order valence-electron chi connectivity index (χ4n) is 1.31. The SMILES string of the molecule is Cc1cc(F)c(F)cc1CCCC#N. The summed E-state index contributed by atoms with van der Waals surface area (Å²) in [7, 11) is 0. The quantitative estimate of drug-likeness (QED) is 0.680. The van der Waals surface area contributed by atoms with Crippen LogP contribution in [-0.4, -0.2) is 0 Å². The molecule has 0 spiro atoms. The van der Waals surface area contributed by atoms with Gasteiger partial charge in [0.15, 0.2) is 11.6 Å². The summed E-state index contributed by atoms with van der Waals surface area (Å²) in [6.45, 7) is 1.74. The molecule has 0 bridgehead atoms. The van der Waals surface area contributed by atoms with Crippen molar-refractivity contribution in [2.75, 3.05) is 0 Å². The molecular weight excluding hydrogens is 184 g/mol. The number of aryl methyl sites for hydroxylation is 2. The Morgan fingerprint density at radius 2 is 1.93 bits per heavy atom. The molecule has 74 valence electrons. The highest BCUT2D eigenvalue weighted by molar-refractivity contribution is 5.27. The summed E-state index contributed by atoms with van der Waals surface area (Å²) in [4.78, 5) is 0. The van der Waals surface area contributed by atoms with Crippen molar-refractivity contribution in [3.05, 3.63) is 34.9 Å². The van der Waals surface area contributed by atoms with E-state index in [4.69, 9.17) is 5.26 Å². The lowest BCUT2D eigenvalue weighted by atomic mass is 10.0. The van der Waals surface area contributed by atoms with Crippen LogP contribution in [0.1, 0.15) is 24.0 Å². The predicted molar refractivity (Wildman–Crippen MR) is 49.6 cm³/mol. The van der Waals surface area contributed by atoms with Crippen molar-refractivity contribution in [2.45, 2.75) is 26.2 Å². The van der Waals surface area contributed by atoms with Gasteiger partial charge in [-0.25, -0.2) is 8.78 Å². The van der Waals surface area contributed by atoms with Gasteiger partial charge in [-0.05, 0) is 43.0 Å². The summed E-state index contributed by atoms with van der Waals surface area (Å²) in [5, 5.41) is 8.33. The molecule has 0 aliphatic carbocycles. The number of nitrogens with zero attached hydrogens (tertiary/aromatic N) is 1. The van der Waals surface area contributed by atoms with Gasteiger partial charge < -0.3 is 0 Å². The van der Waals surface area contributed by atoms with E-state index in [-0.39, 0.29) is 0 Å². The van der Waals surface area contributed by atoms with Gasteiger partial charge in [0.25, 0.3) is 0 Å². The lowest BCUT2D eigenvalue weighted by molar-refractivity contribution is 0.505. The van der Waals surface area contributed by atoms with Crippen LogP contribution in [0.4, 0.5) is 8.78 Å². The van der Waals surface area contributed by atoms with Crippen molar-refractivity contribution in [1.29, 1.82) is 5.26 Å². The van der Waals surface area contributed by atoms with Crippen LogP contribution in [-0.2, 0) is 6.42 Å². The van der Waals surface area contributed by atoms with E-state index < -0.39 is 11.6 Å². The van der Waals surface area contributed by atoms with Crippen molar-refractivity contribution in [3.63, 3.8) is 0 Å². The zero-order valence-corrected chi connectivity index (χ0v) is 7.98. The van der Waals surface area contributed by atoms with Crippen LogP contribution in [0.3, 0.4) is 0 Å². The number of hydrogen-bond acceptors (Lipinski definition) is 1. The highest BCUT2D eigenvalue weighted by atomic mass is 19.2. The summed E-state index contributed by atoms with van der Waals surface area (Å²) in [5.41, 5.74) is 1.51. The van der Waals surface area contributed by atoms with E-state index in [1.807, 2.05) is 6.07 Å². The monoisotopic (exact) mass is 195 g/mol. The van der Waals surface area contributed by atoms with Gasteiger partial charge in [0.05, 0.1) is 6.07 Å². The standard InChI is InChI=1S/C11H11F2N/c1-8-6-10(12)11(13)7-9(8)4-2-3-5-14/h6-7H,2-4H2,1H3. The van der Waals surface area contributed by atoms with Crippen LogP contribution in [0.5, 0.6) is 0 Å². The molecule has 14 heavy (non-hydrogen) atoms. The van der Waals surface area contributed by atoms with Crippen molar-refractivity contribution in [3.8, 4) is 6.07 Å². The van der Waals surface area contributed by atoms with Crippen molar-refractivity contribution < 1.29 is 8.78 Å². The molecule has 0 radical (unpaired) electrons. The van der Waals surface area contributed by atoms with Gasteiger partial charge in [-0.1, -0.05) is 0 Å². The predicted octanol–water partition coefficient (Wildman–Crippen LogP) is 3.12. The molecule has 1 rings (SSSR count). The molecule has 0 aromatic heterocycles. The largest absolute Gasteiger partial charge is 0.204 e. The Labute approximate surface area is 82.0 Å². The maximum Gasteiger partial charge on any atom is 0.159 e. The van der Waals surface area contributed by atoms with Crippen LogP contribution < -0.4 is 0 Å². The van der Waals surface area contributed by atoms with E-state index >= 15 is 0 Å². The van der Waals surface area contributed by atoms with E-state index in [1.165, 1.54) is 12.1 Å². The molecule has 0 unspecified atom stereocenters. The third-order valence-electron chi connectivity index (χ3n) is 2.11. The first kappa shape index (κ1) is 10.6. The molecule has 0 aliphatic rings. The van der Waals surface area contributed by atoms with E-state index in [0.717, 1.165) is 11.1 Å². The number of unbranched alkanes of at least 4 members (excludes halogenated alkanes) is 1. The van der Waals surface area contributed by atoms with Crippen molar-refractivity contribution in [2.24, 2.45) is 0 Å². The second-order valence-electron chi connectivity index (χ2n) is 3.20. The highest BCUT2D eigenvalue weighted by Gasteiger charge is 2.06. The summed E-state index contributed by atoms with van der Waals surface area (Å²) in [6, 6.07) is 4.42. The minimum absolute atomic E-state index is 0.443. The number of hydrogen-bond donors (Lipinski definition) is 0. The molecule has 0 saturated heterocycles. The Bertz CT molecular complexity index is 366. The Morgan fingerprint density at radius 3 is 2.57 bits per heavy atom. The minimum atomic E-state index is -0.817. The molecule has 0 saturated carbocycles. The van der Waals surface area contributed by atoms with E-state index in [0.29, 0.717) is 19.3 Å². The summed E-state index contributed by atoms with van der Waals surface area (Å²) in [5.74, 6) is -1.63. The first-order valence-corrected chi connectivity index (χ1v) is 4.46. The van der Waals surface area contributed by atoms with Gasteiger partial charge in [-0.2, -0.15) is 5.26 Å². The summed E-state index contributed by atoms with van der Waals surface area (Å²) < 4.78 is 25.5. The zero-order chi connectivity index (χ0) is 10.6. The van der Waals surface area contributed by atoms with Crippen LogP contribution in [0.2, 0.25) is 0 Å². The zero-order valence-electron chi connectivity index (χ0n) is 7.98. The van der Waals surface area contributed by atoms with Gasteiger partial charge in [0.1, 0.15) is 0 Å². The maximum absolute atomic E-state index is 12.8. The number of halogens is 2. The lowest BCUT2D eigenvalue weighted by Gasteiger charge is -2.04. The van der Waals surface area contributed by atoms with Gasteiger partial charge in [0, 0.05) is 6.42 Å². The van der Waals surface area contributed by atoms with Crippen LogP contribution in [0, 0.1) is 29.9 Å². The minimum Gasteiger partial charge on any atom is -0.204 e. The third kappa shape index (κ3) is 2.53. The second-order valence-corrected chi connectivity index (χ2v) is 3.20. The Morgan fingerprint density at radius 1 is 1.29 bits per heavy atom. The number of benzene rings is 1. The van der Waals surface area contributed by atoms with Crippen molar-refractivity contribution >= 4 is 0 Å². The molecular formula is C11H11F2N. The van der Waals surface area contributed by atoms with Gasteiger partial charge in [-0.3, -0.25) is 0 Å². The smallest absolute Gasteiger partial charge is 0.159 e. The molecule has 1 nitrogen and oxygen atoms in total. The third-order valence-corrected chi connectivity index (χ3v) is 2.11. The number of nitriles is 1. The first-order chi connectivity index (χ1) is 6.65. The second kappa shape index (κ2) is 4.71. The molecule has 0 atom stereocenters. The molecule has 0 amide bonds. The van der Waals surface area contributed by atoms with Gasteiger partial charge in [-0.15, -0.1) is 0 Å². The molecule has 0 fully saturated rings. The topological polar surface area (TPSA) is 23.8 Å². The summed E-state index contributed by atoms with van der Waals surface area (Å²) >= 11 is 0. The Hall–Kier alpha value is -1.43. The first-order valence-electron chi connectivity index (χ1n) is 4.46. The Kier molecular flexibility index (Phi) is 3.58.